The van der Waals surface area contributed by atoms with E-state index in [4.69, 9.17) is 11.6 Å². The van der Waals surface area contributed by atoms with Crippen LogP contribution in [0.4, 0.5) is 11.4 Å². The molecular weight excluding hydrogens is 428 g/mol. The highest BCUT2D eigenvalue weighted by Gasteiger charge is 2.13. The van der Waals surface area contributed by atoms with E-state index < -0.39 is 0 Å². The average molecular weight is 447 g/mol. The van der Waals surface area contributed by atoms with E-state index in [1.54, 1.807) is 67.6 Å². The van der Waals surface area contributed by atoms with Crippen LogP contribution in [0.5, 0.6) is 0 Å². The summed E-state index contributed by atoms with van der Waals surface area (Å²) in [7, 11) is 0. The number of aryl methyl sites for hydroxylation is 1. The van der Waals surface area contributed by atoms with Crippen molar-refractivity contribution < 1.29 is 9.59 Å². The van der Waals surface area contributed by atoms with Crippen molar-refractivity contribution in [1.82, 2.24) is 9.55 Å². The smallest absolute Gasteiger partial charge is 0.265 e. The number of aromatic nitrogens is 2. The highest BCUT2D eigenvalue weighted by molar-refractivity contribution is 6.34. The van der Waals surface area contributed by atoms with Gasteiger partial charge in [0, 0.05) is 18.2 Å². The number of hydrogen-bond donors (Lipinski definition) is 2. The predicted molar refractivity (Wildman–Crippen MR) is 126 cm³/mol. The molecule has 32 heavy (non-hydrogen) atoms. The molecule has 0 saturated heterocycles. The zero-order chi connectivity index (χ0) is 22.8. The summed E-state index contributed by atoms with van der Waals surface area (Å²) < 4.78 is 1.51. The van der Waals surface area contributed by atoms with E-state index in [9.17, 15) is 14.4 Å². The van der Waals surface area contributed by atoms with Gasteiger partial charge in [0.2, 0.25) is 5.91 Å². The van der Waals surface area contributed by atoms with Crippen molar-refractivity contribution in [2.24, 2.45) is 0 Å². The maximum atomic E-state index is 13.0. The van der Waals surface area contributed by atoms with Gasteiger partial charge < -0.3 is 10.6 Å². The van der Waals surface area contributed by atoms with E-state index >= 15 is 0 Å². The largest absolute Gasteiger partial charge is 0.326 e. The Hall–Kier alpha value is -3.97. The third kappa shape index (κ3) is 4.24. The molecule has 4 aromatic rings. The maximum Gasteiger partial charge on any atom is 0.265 e. The van der Waals surface area contributed by atoms with Gasteiger partial charge in [-0.3, -0.25) is 19.0 Å². The van der Waals surface area contributed by atoms with Crippen molar-refractivity contribution in [2.45, 2.75) is 13.8 Å². The van der Waals surface area contributed by atoms with Crippen molar-refractivity contribution >= 4 is 45.7 Å². The van der Waals surface area contributed by atoms with Crippen LogP contribution < -0.4 is 16.2 Å². The lowest BCUT2D eigenvalue weighted by Gasteiger charge is -2.12. The lowest BCUT2D eigenvalue weighted by Crippen LogP contribution is -2.22. The number of halogens is 1. The molecule has 1 aromatic heterocycles. The number of fused-ring (bicyclic) bond motifs is 1. The number of anilines is 2. The number of benzene rings is 3. The van der Waals surface area contributed by atoms with E-state index in [1.165, 1.54) is 11.5 Å². The molecule has 2 amide bonds. The fourth-order valence-corrected chi connectivity index (χ4v) is 3.57. The molecule has 0 unspecified atom stereocenters. The number of amides is 2. The fourth-order valence-electron chi connectivity index (χ4n) is 3.41. The van der Waals surface area contributed by atoms with Crippen LogP contribution in [0.1, 0.15) is 23.1 Å². The molecule has 1 heterocycles. The van der Waals surface area contributed by atoms with Crippen LogP contribution in [0.15, 0.2) is 71.5 Å². The number of nitrogens with zero attached hydrogens (tertiary/aromatic N) is 2. The molecule has 0 aliphatic heterocycles. The molecule has 0 fully saturated rings. The minimum Gasteiger partial charge on any atom is -0.326 e. The van der Waals surface area contributed by atoms with E-state index in [0.29, 0.717) is 44.4 Å². The molecule has 4 rings (SSSR count). The van der Waals surface area contributed by atoms with E-state index in [1.807, 2.05) is 6.07 Å². The Balaban J connectivity index is 1.61. The van der Waals surface area contributed by atoms with E-state index in [2.05, 4.69) is 15.6 Å². The number of carbonyl (C=O) groups is 2. The summed E-state index contributed by atoms with van der Waals surface area (Å²) in [5.41, 5.74) is 2.35. The molecule has 0 radical (unpaired) electrons. The number of para-hydroxylation sites is 1. The zero-order valence-electron chi connectivity index (χ0n) is 17.3. The van der Waals surface area contributed by atoms with Gasteiger partial charge in [-0.25, -0.2) is 4.98 Å². The molecule has 0 atom stereocenters. The molecule has 0 spiro atoms. The summed E-state index contributed by atoms with van der Waals surface area (Å²) in [5, 5.41) is 6.25. The number of rotatable bonds is 4. The van der Waals surface area contributed by atoms with Crippen LogP contribution in [-0.2, 0) is 4.79 Å². The summed E-state index contributed by atoms with van der Waals surface area (Å²) in [5.74, 6) is -0.0551. The first kappa shape index (κ1) is 21.3. The molecule has 8 heteroatoms. The average Bonchev–Trinajstić information content (AvgIpc) is 2.76. The Labute approximate surface area is 188 Å². The summed E-state index contributed by atoms with van der Waals surface area (Å²) in [6.07, 6.45) is 0. The van der Waals surface area contributed by atoms with Gasteiger partial charge >= 0.3 is 0 Å². The quantitative estimate of drug-likeness (QED) is 0.480. The highest BCUT2D eigenvalue weighted by Crippen LogP contribution is 2.26. The number of hydrogen-bond acceptors (Lipinski definition) is 4. The van der Waals surface area contributed by atoms with Crippen molar-refractivity contribution in [1.29, 1.82) is 0 Å². The molecule has 160 valence electrons. The number of nitrogens with one attached hydrogen (secondary N) is 2. The summed E-state index contributed by atoms with van der Waals surface area (Å²) in [6, 6.07) is 18.6. The van der Waals surface area contributed by atoms with Crippen LogP contribution in [0.25, 0.3) is 16.6 Å². The molecule has 2 N–H and O–H groups in total. The van der Waals surface area contributed by atoms with Crippen molar-refractivity contribution in [3.8, 4) is 5.69 Å². The van der Waals surface area contributed by atoms with Gasteiger partial charge in [0.25, 0.3) is 11.5 Å². The van der Waals surface area contributed by atoms with Gasteiger partial charge in [0.1, 0.15) is 5.82 Å². The second-order valence-electron chi connectivity index (χ2n) is 7.19. The second-order valence-corrected chi connectivity index (χ2v) is 7.60. The normalized spacial score (nSPS) is 10.7. The van der Waals surface area contributed by atoms with E-state index in [-0.39, 0.29) is 17.4 Å². The summed E-state index contributed by atoms with van der Waals surface area (Å²) in [4.78, 5) is 41.4. The molecule has 0 bridgehead atoms. The fraction of sp³-hybridized carbons (Fsp3) is 0.0833. The van der Waals surface area contributed by atoms with Crippen LogP contribution in [0.3, 0.4) is 0 Å². The molecule has 0 aliphatic carbocycles. The van der Waals surface area contributed by atoms with Gasteiger partial charge in [-0.1, -0.05) is 23.7 Å². The minimum atomic E-state index is -0.376. The topological polar surface area (TPSA) is 93.1 Å². The first-order valence-electron chi connectivity index (χ1n) is 9.81. The second kappa shape index (κ2) is 8.64. The van der Waals surface area contributed by atoms with Crippen LogP contribution in [-0.4, -0.2) is 21.4 Å². The molecule has 3 aromatic carbocycles. The molecule has 0 aliphatic rings. The van der Waals surface area contributed by atoms with Gasteiger partial charge in [-0.2, -0.15) is 0 Å². The first-order chi connectivity index (χ1) is 15.3. The van der Waals surface area contributed by atoms with Crippen molar-refractivity contribution in [2.75, 3.05) is 10.6 Å². The lowest BCUT2D eigenvalue weighted by atomic mass is 10.1. The Bertz CT molecular complexity index is 1410. The molecular formula is C24H19ClN4O3. The first-order valence-corrected chi connectivity index (χ1v) is 10.2. The Kier molecular flexibility index (Phi) is 5.75. The lowest BCUT2D eigenvalue weighted by molar-refractivity contribution is -0.114. The zero-order valence-corrected chi connectivity index (χ0v) is 18.1. The third-order valence-corrected chi connectivity index (χ3v) is 5.20. The summed E-state index contributed by atoms with van der Waals surface area (Å²) in [6.45, 7) is 3.16. The summed E-state index contributed by atoms with van der Waals surface area (Å²) >= 11 is 6.18. The van der Waals surface area contributed by atoms with Gasteiger partial charge in [0.15, 0.2) is 0 Å². The van der Waals surface area contributed by atoms with Gasteiger partial charge in [-0.05, 0) is 61.5 Å². The van der Waals surface area contributed by atoms with Gasteiger partial charge in [0.05, 0.1) is 27.3 Å². The van der Waals surface area contributed by atoms with Crippen LogP contribution in [0, 0.1) is 6.92 Å². The monoisotopic (exact) mass is 446 g/mol. The Morgan fingerprint density at radius 2 is 1.69 bits per heavy atom. The predicted octanol–water partition coefficient (Wildman–Crippen LogP) is 4.56. The van der Waals surface area contributed by atoms with Crippen molar-refractivity contribution in [3.63, 3.8) is 0 Å². The van der Waals surface area contributed by atoms with E-state index in [0.717, 1.165) is 0 Å². The Morgan fingerprint density at radius 1 is 0.969 bits per heavy atom. The van der Waals surface area contributed by atoms with Crippen LogP contribution in [0.2, 0.25) is 5.02 Å². The third-order valence-electron chi connectivity index (χ3n) is 4.87. The SMILES string of the molecule is CC(=O)Nc1ccc(Cl)c(NC(=O)c2ccc(-n3c(C)nc4ccccc4c3=O)cc2)c1. The minimum absolute atomic E-state index is 0.174. The van der Waals surface area contributed by atoms with Gasteiger partial charge in [-0.15, -0.1) is 0 Å². The highest BCUT2D eigenvalue weighted by atomic mass is 35.5. The van der Waals surface area contributed by atoms with Crippen molar-refractivity contribution in [3.05, 3.63) is 93.5 Å². The molecule has 0 saturated carbocycles. The number of carbonyl (C=O) groups excluding carboxylic acids is 2. The molecule has 7 nitrogen and oxygen atoms in total. The maximum absolute atomic E-state index is 13.0. The van der Waals surface area contributed by atoms with Crippen LogP contribution >= 0.6 is 11.6 Å². The Morgan fingerprint density at radius 3 is 2.41 bits per heavy atom. The standard InChI is InChI=1S/C24H19ClN4O3/c1-14-26-21-6-4-3-5-19(21)24(32)29(14)18-10-7-16(8-11-18)23(31)28-22-13-17(27-15(2)30)9-12-20(22)25/h3-13H,1-2H3,(H,27,30)(H,28,31).